The van der Waals surface area contributed by atoms with Crippen LogP contribution in [0.25, 0.3) is 17.0 Å². The molecule has 2 heterocycles. The lowest BCUT2D eigenvalue weighted by molar-refractivity contribution is -0.123. The van der Waals surface area contributed by atoms with Gasteiger partial charge in [-0.15, -0.1) is 0 Å². The average Bonchev–Trinajstić information content (AvgIpc) is 3.17. The molecule has 1 aliphatic rings. The maximum atomic E-state index is 12.9. The lowest BCUT2D eigenvalue weighted by Crippen LogP contribution is -2.27. The second-order valence-electron chi connectivity index (χ2n) is 7.11. The van der Waals surface area contributed by atoms with Gasteiger partial charge in [-0.1, -0.05) is 47.5 Å². The van der Waals surface area contributed by atoms with Gasteiger partial charge in [-0.2, -0.15) is 0 Å². The summed E-state index contributed by atoms with van der Waals surface area (Å²) >= 11 is 13.1. The summed E-state index contributed by atoms with van der Waals surface area (Å²) in [7, 11) is 0. The molecule has 2 aromatic carbocycles. The van der Waals surface area contributed by atoms with Gasteiger partial charge in [-0.25, -0.2) is 0 Å². The third kappa shape index (κ3) is 3.82. The second kappa shape index (κ2) is 7.90. The van der Waals surface area contributed by atoms with Crippen molar-refractivity contribution in [3.8, 4) is 0 Å². The molecule has 0 unspecified atom stereocenters. The largest absolute Gasteiger partial charge is 0.344 e. The molecular formula is C22H18Cl2N2O2S. The molecule has 1 saturated heterocycles. The van der Waals surface area contributed by atoms with Crippen molar-refractivity contribution >= 4 is 63.1 Å². The Bertz CT molecular complexity index is 1170. The van der Waals surface area contributed by atoms with Crippen LogP contribution >= 0.6 is 35.0 Å². The predicted octanol–water partition coefficient (Wildman–Crippen LogP) is 6.77. The fourth-order valence-corrected chi connectivity index (χ4v) is 4.67. The summed E-state index contributed by atoms with van der Waals surface area (Å²) < 4.78 is 2.17. The number of rotatable bonds is 4. The zero-order valence-corrected chi connectivity index (χ0v) is 18.2. The van der Waals surface area contributed by atoms with Gasteiger partial charge in [0.05, 0.1) is 11.4 Å². The number of hydrogen-bond donors (Lipinski definition) is 0. The summed E-state index contributed by atoms with van der Waals surface area (Å²) in [5, 5.41) is 1.68. The van der Waals surface area contributed by atoms with E-state index in [0.29, 0.717) is 20.5 Å². The van der Waals surface area contributed by atoms with E-state index in [2.05, 4.69) is 24.5 Å². The number of hydrogen-bond acceptors (Lipinski definition) is 3. The molecule has 1 aromatic heterocycles. The lowest BCUT2D eigenvalue weighted by Gasteiger charge is -2.13. The Labute approximate surface area is 183 Å². The molecule has 1 aliphatic heterocycles. The first kappa shape index (κ1) is 20.1. The van der Waals surface area contributed by atoms with E-state index in [0.717, 1.165) is 28.2 Å². The molecule has 0 radical (unpaired) electrons. The first-order chi connectivity index (χ1) is 13.8. The second-order valence-corrected chi connectivity index (χ2v) is 8.94. The van der Waals surface area contributed by atoms with E-state index in [1.807, 2.05) is 24.4 Å². The molecule has 0 spiro atoms. The molecular weight excluding hydrogens is 427 g/mol. The van der Waals surface area contributed by atoms with Crippen molar-refractivity contribution < 1.29 is 9.59 Å². The van der Waals surface area contributed by atoms with Gasteiger partial charge in [0, 0.05) is 38.8 Å². The van der Waals surface area contributed by atoms with Crippen LogP contribution in [0.1, 0.15) is 31.0 Å². The molecule has 7 heteroatoms. The first-order valence-electron chi connectivity index (χ1n) is 9.14. The fourth-order valence-electron chi connectivity index (χ4n) is 3.37. The lowest BCUT2D eigenvalue weighted by atomic mass is 10.1. The van der Waals surface area contributed by atoms with Gasteiger partial charge in [-0.05, 0) is 55.4 Å². The number of thioether (sulfide) groups is 1. The first-order valence-corrected chi connectivity index (χ1v) is 10.7. The molecule has 0 bridgehead atoms. The number of carbonyl (C=O) groups is 2. The van der Waals surface area contributed by atoms with Crippen molar-refractivity contribution in [3.05, 3.63) is 74.7 Å². The normalized spacial score (nSPS) is 16.0. The Hall–Kier alpha value is -2.21. The summed E-state index contributed by atoms with van der Waals surface area (Å²) in [5.74, 6) is -0.313. The van der Waals surface area contributed by atoms with Crippen molar-refractivity contribution in [3.63, 3.8) is 0 Å². The Morgan fingerprint density at radius 2 is 1.86 bits per heavy atom. The maximum absolute atomic E-state index is 12.9. The minimum absolute atomic E-state index is 0.117. The predicted molar refractivity (Wildman–Crippen MR) is 120 cm³/mol. The molecule has 0 atom stereocenters. The third-order valence-electron chi connectivity index (χ3n) is 4.83. The summed E-state index contributed by atoms with van der Waals surface area (Å²) in [6.07, 6.45) is 3.83. The van der Waals surface area contributed by atoms with Crippen LogP contribution in [-0.4, -0.2) is 20.6 Å². The minimum Gasteiger partial charge on any atom is -0.344 e. The molecule has 1 fully saturated rings. The quantitative estimate of drug-likeness (QED) is 0.417. The number of carbonyl (C=O) groups excluding carboxylic acids is 2. The van der Waals surface area contributed by atoms with E-state index >= 15 is 0 Å². The van der Waals surface area contributed by atoms with Gasteiger partial charge < -0.3 is 4.57 Å². The summed E-state index contributed by atoms with van der Waals surface area (Å²) in [4.78, 5) is 27.0. The number of halogens is 2. The monoisotopic (exact) mass is 444 g/mol. The molecule has 148 valence electrons. The highest BCUT2D eigenvalue weighted by Gasteiger charge is 2.35. The van der Waals surface area contributed by atoms with E-state index in [-0.39, 0.29) is 23.7 Å². The van der Waals surface area contributed by atoms with Crippen LogP contribution in [0, 0.1) is 0 Å². The van der Waals surface area contributed by atoms with Crippen molar-refractivity contribution in [2.24, 2.45) is 0 Å². The smallest absolute Gasteiger partial charge is 0.293 e. The number of nitrogens with zero attached hydrogens (tertiary/aromatic N) is 2. The molecule has 3 aromatic rings. The van der Waals surface area contributed by atoms with E-state index < -0.39 is 0 Å². The van der Waals surface area contributed by atoms with Crippen LogP contribution in [0.15, 0.2) is 53.6 Å². The SMILES string of the molecule is CC(C)n1cc(/C=C2\SC(=O)N(Cc3ccc(Cl)cc3Cl)C2=O)c2ccccc21. The van der Waals surface area contributed by atoms with Crippen LogP contribution in [0.4, 0.5) is 4.79 Å². The van der Waals surface area contributed by atoms with E-state index in [1.165, 1.54) is 4.90 Å². The molecule has 4 rings (SSSR count). The van der Waals surface area contributed by atoms with Crippen LogP contribution in [0.3, 0.4) is 0 Å². The van der Waals surface area contributed by atoms with Gasteiger partial charge in [-0.3, -0.25) is 14.5 Å². The van der Waals surface area contributed by atoms with Gasteiger partial charge >= 0.3 is 0 Å². The van der Waals surface area contributed by atoms with Crippen molar-refractivity contribution in [1.82, 2.24) is 9.47 Å². The van der Waals surface area contributed by atoms with Crippen LogP contribution in [0.2, 0.25) is 10.0 Å². The Morgan fingerprint density at radius 3 is 2.59 bits per heavy atom. The van der Waals surface area contributed by atoms with Gasteiger partial charge in [0.1, 0.15) is 0 Å². The molecule has 2 amide bonds. The Balaban J connectivity index is 1.67. The van der Waals surface area contributed by atoms with E-state index in [4.69, 9.17) is 23.2 Å². The highest BCUT2D eigenvalue weighted by molar-refractivity contribution is 8.18. The molecule has 0 saturated carbocycles. The molecule has 0 aliphatic carbocycles. The van der Waals surface area contributed by atoms with Gasteiger partial charge in [0.2, 0.25) is 0 Å². The third-order valence-corrected chi connectivity index (χ3v) is 6.33. The number of para-hydroxylation sites is 1. The number of benzene rings is 2. The minimum atomic E-state index is -0.313. The molecule has 0 N–H and O–H groups in total. The Morgan fingerprint density at radius 1 is 1.10 bits per heavy atom. The van der Waals surface area contributed by atoms with Gasteiger partial charge in [0.15, 0.2) is 0 Å². The zero-order valence-electron chi connectivity index (χ0n) is 15.9. The van der Waals surface area contributed by atoms with Gasteiger partial charge in [0.25, 0.3) is 11.1 Å². The highest BCUT2D eigenvalue weighted by Crippen LogP contribution is 2.36. The summed E-state index contributed by atoms with van der Waals surface area (Å²) in [5.41, 5.74) is 2.70. The Kier molecular flexibility index (Phi) is 5.47. The maximum Gasteiger partial charge on any atom is 0.293 e. The van der Waals surface area contributed by atoms with Crippen LogP contribution in [-0.2, 0) is 11.3 Å². The fraction of sp³-hybridized carbons (Fsp3) is 0.182. The summed E-state index contributed by atoms with van der Waals surface area (Å²) in [6, 6.07) is 13.4. The zero-order chi connectivity index (χ0) is 20.7. The number of fused-ring (bicyclic) bond motifs is 1. The average molecular weight is 445 g/mol. The highest BCUT2D eigenvalue weighted by atomic mass is 35.5. The van der Waals surface area contributed by atoms with Crippen molar-refractivity contribution in [2.75, 3.05) is 0 Å². The topological polar surface area (TPSA) is 42.3 Å². The van der Waals surface area contributed by atoms with Crippen molar-refractivity contribution in [2.45, 2.75) is 26.4 Å². The summed E-state index contributed by atoms with van der Waals surface area (Å²) in [6.45, 7) is 4.34. The van der Waals surface area contributed by atoms with Crippen molar-refractivity contribution in [1.29, 1.82) is 0 Å². The van der Waals surface area contributed by atoms with Crippen LogP contribution < -0.4 is 0 Å². The molecule has 29 heavy (non-hydrogen) atoms. The number of aromatic nitrogens is 1. The standard InChI is InChI=1S/C22H18Cl2N2O2S/c1-13(2)25-12-15(17-5-3-4-6-19(17)25)9-20-21(27)26(22(28)29-20)11-14-7-8-16(23)10-18(14)24/h3-10,12-13H,11H2,1-2H3/b20-9-. The van der Waals surface area contributed by atoms with Crippen LogP contribution in [0.5, 0.6) is 0 Å². The van der Waals surface area contributed by atoms with E-state index in [1.54, 1.807) is 24.3 Å². The molecule has 4 nitrogen and oxygen atoms in total. The number of imide groups is 1. The van der Waals surface area contributed by atoms with E-state index in [9.17, 15) is 9.59 Å². The number of amides is 2.